The molecule has 8 heteroatoms. The molecule has 4 aromatic carbocycles. The third-order valence-electron chi connectivity index (χ3n) is 7.61. The highest BCUT2D eigenvalue weighted by molar-refractivity contribution is 7.58. The predicted molar refractivity (Wildman–Crippen MR) is 174 cm³/mol. The molecular formula is C35H34NO5PS. The Morgan fingerprint density at radius 2 is 1.40 bits per heavy atom. The van der Waals surface area contributed by atoms with E-state index < -0.39 is 31.2 Å². The highest BCUT2D eigenvalue weighted by atomic mass is 32.1. The van der Waals surface area contributed by atoms with Gasteiger partial charge in [0.2, 0.25) is 13.3 Å². The fourth-order valence-electron chi connectivity index (χ4n) is 5.27. The van der Waals surface area contributed by atoms with E-state index in [9.17, 15) is 24.2 Å². The summed E-state index contributed by atoms with van der Waals surface area (Å²) in [7, 11) is -3.73. The van der Waals surface area contributed by atoms with Crippen LogP contribution in [0.3, 0.4) is 0 Å². The van der Waals surface area contributed by atoms with Crippen LogP contribution in [0.1, 0.15) is 16.7 Å². The highest BCUT2D eigenvalue weighted by Crippen LogP contribution is 2.44. The van der Waals surface area contributed by atoms with Crippen molar-refractivity contribution in [2.24, 2.45) is 5.92 Å². The van der Waals surface area contributed by atoms with Crippen molar-refractivity contribution in [1.82, 2.24) is 5.32 Å². The monoisotopic (exact) mass is 611 g/mol. The number of benzene rings is 4. The highest BCUT2D eigenvalue weighted by Gasteiger charge is 2.32. The molecule has 6 nitrogen and oxygen atoms in total. The van der Waals surface area contributed by atoms with E-state index in [1.807, 2.05) is 115 Å². The summed E-state index contributed by atoms with van der Waals surface area (Å²) in [4.78, 5) is 37.0. The van der Waals surface area contributed by atoms with Crippen LogP contribution in [0.5, 0.6) is 0 Å². The van der Waals surface area contributed by atoms with Gasteiger partial charge in [-0.3, -0.25) is 9.36 Å². The summed E-state index contributed by atoms with van der Waals surface area (Å²) in [5, 5.41) is 15.6. The van der Waals surface area contributed by atoms with Crippen LogP contribution in [0, 0.1) is 5.92 Å². The summed E-state index contributed by atoms with van der Waals surface area (Å²) in [6.07, 6.45) is 0.549. The van der Waals surface area contributed by atoms with Gasteiger partial charge in [-0.2, -0.15) is 0 Å². The molecule has 0 aliphatic heterocycles. The van der Waals surface area contributed by atoms with E-state index in [1.165, 1.54) is 11.3 Å². The molecule has 0 fully saturated rings. The molecule has 0 spiro atoms. The Morgan fingerprint density at radius 3 is 2.09 bits per heavy atom. The van der Waals surface area contributed by atoms with Gasteiger partial charge in [-0.15, -0.1) is 11.3 Å². The third kappa shape index (κ3) is 8.29. The van der Waals surface area contributed by atoms with Crippen LogP contribution in [0.2, 0.25) is 0 Å². The fraction of sp³-hybridized carbons (Fsp3) is 0.200. The second-order valence-corrected chi connectivity index (χ2v) is 14.2. The maximum Gasteiger partial charge on any atom is 0.326 e. The lowest BCUT2D eigenvalue weighted by Crippen LogP contribution is -2.46. The molecule has 220 valence electrons. The van der Waals surface area contributed by atoms with Gasteiger partial charge >= 0.3 is 5.97 Å². The standard InChI is InChI=1S/C35H34NO5PS/c37-34(36-32(35(38)39)22-30-24-43-33-14-8-7-13-31(30)33)29(23-42(40,41)20-19-25-9-3-1-4-10-25)21-26-15-17-28(18-16-26)27-11-5-2-6-12-27/h1-18,24,29,32H,19-23H2,(H,36,37)(H,38,39)(H,40,41)/t29?,32-/m0/s1. The van der Waals surface area contributed by atoms with Crippen molar-refractivity contribution in [3.63, 3.8) is 0 Å². The predicted octanol–water partition coefficient (Wildman–Crippen LogP) is 7.05. The molecule has 1 aromatic heterocycles. The third-order valence-corrected chi connectivity index (χ3v) is 10.6. The first-order valence-corrected chi connectivity index (χ1v) is 17.2. The first kappa shape index (κ1) is 30.4. The maximum absolute atomic E-state index is 13.7. The van der Waals surface area contributed by atoms with Gasteiger partial charge in [0.15, 0.2) is 0 Å². The molecule has 2 unspecified atom stereocenters. The largest absolute Gasteiger partial charge is 0.480 e. The zero-order valence-electron chi connectivity index (χ0n) is 23.6. The molecule has 0 bridgehead atoms. The number of nitrogens with one attached hydrogen (secondary N) is 1. The minimum atomic E-state index is -3.73. The lowest BCUT2D eigenvalue weighted by molar-refractivity contribution is -0.142. The molecule has 5 rings (SSSR count). The van der Waals surface area contributed by atoms with Crippen LogP contribution in [0.4, 0.5) is 0 Å². The Hall–Kier alpha value is -4.03. The number of carbonyl (C=O) groups is 2. The second kappa shape index (κ2) is 14.0. The molecule has 0 saturated heterocycles. The molecule has 5 aromatic rings. The molecule has 0 aliphatic carbocycles. The van der Waals surface area contributed by atoms with Crippen molar-refractivity contribution in [3.05, 3.63) is 131 Å². The summed E-state index contributed by atoms with van der Waals surface area (Å²) >= 11 is 1.53. The number of carboxylic acid groups (broad SMARTS) is 1. The minimum absolute atomic E-state index is 0.0387. The van der Waals surface area contributed by atoms with Crippen LogP contribution in [0.25, 0.3) is 21.2 Å². The van der Waals surface area contributed by atoms with Crippen molar-refractivity contribution in [3.8, 4) is 11.1 Å². The molecule has 0 saturated carbocycles. The Bertz CT molecular complexity index is 1720. The number of aryl methyl sites for hydroxylation is 1. The van der Waals surface area contributed by atoms with Crippen molar-refractivity contribution >= 4 is 40.7 Å². The van der Waals surface area contributed by atoms with Crippen molar-refractivity contribution in [2.45, 2.75) is 25.3 Å². The van der Waals surface area contributed by atoms with E-state index in [0.29, 0.717) is 6.42 Å². The van der Waals surface area contributed by atoms with Gasteiger partial charge in [0, 0.05) is 23.4 Å². The molecule has 3 N–H and O–H groups in total. The summed E-state index contributed by atoms with van der Waals surface area (Å²) in [6, 6.07) is 33.8. The van der Waals surface area contributed by atoms with E-state index >= 15 is 0 Å². The summed E-state index contributed by atoms with van der Waals surface area (Å²) < 4.78 is 14.5. The average molecular weight is 612 g/mol. The molecule has 3 atom stereocenters. The van der Waals surface area contributed by atoms with Crippen LogP contribution < -0.4 is 5.32 Å². The van der Waals surface area contributed by atoms with Gasteiger partial charge in [0.05, 0.1) is 5.92 Å². The number of carboxylic acids is 1. The van der Waals surface area contributed by atoms with E-state index in [1.54, 1.807) is 0 Å². The maximum atomic E-state index is 13.7. The summed E-state index contributed by atoms with van der Waals surface area (Å²) in [5.74, 6) is -2.56. The number of hydrogen-bond donors (Lipinski definition) is 3. The second-order valence-electron chi connectivity index (χ2n) is 10.8. The van der Waals surface area contributed by atoms with Gasteiger partial charge in [0.1, 0.15) is 6.04 Å². The van der Waals surface area contributed by atoms with E-state index in [0.717, 1.165) is 37.9 Å². The van der Waals surface area contributed by atoms with Crippen LogP contribution in [0.15, 0.2) is 115 Å². The lowest BCUT2D eigenvalue weighted by atomic mass is 9.96. The van der Waals surface area contributed by atoms with Gasteiger partial charge < -0.3 is 15.3 Å². The average Bonchev–Trinajstić information content (AvgIpc) is 3.43. The van der Waals surface area contributed by atoms with Gasteiger partial charge in [-0.25, -0.2) is 4.79 Å². The first-order valence-electron chi connectivity index (χ1n) is 14.2. The smallest absolute Gasteiger partial charge is 0.326 e. The Morgan fingerprint density at radius 1 is 0.767 bits per heavy atom. The molecule has 0 aliphatic rings. The van der Waals surface area contributed by atoms with Crippen molar-refractivity contribution in [1.29, 1.82) is 0 Å². The summed E-state index contributed by atoms with van der Waals surface area (Å²) in [6.45, 7) is 0. The van der Waals surface area contributed by atoms with E-state index in [-0.39, 0.29) is 25.2 Å². The van der Waals surface area contributed by atoms with Crippen LogP contribution in [-0.2, 0) is 33.4 Å². The zero-order valence-corrected chi connectivity index (χ0v) is 25.3. The minimum Gasteiger partial charge on any atom is -0.480 e. The number of rotatable bonds is 13. The number of thiophene rings is 1. The first-order chi connectivity index (χ1) is 20.8. The topological polar surface area (TPSA) is 104 Å². The molecule has 0 radical (unpaired) electrons. The SMILES string of the molecule is O=C(N[C@@H](Cc1csc2ccccc12)C(=O)O)C(Cc1ccc(-c2ccccc2)cc1)CP(=O)(O)CCc1ccccc1. The number of fused-ring (bicyclic) bond motifs is 1. The number of aliphatic carboxylic acids is 1. The van der Waals surface area contributed by atoms with Gasteiger partial charge in [-0.05, 0) is 57.5 Å². The molecule has 43 heavy (non-hydrogen) atoms. The molecular weight excluding hydrogens is 577 g/mol. The Balaban J connectivity index is 1.34. The number of amides is 1. The lowest BCUT2D eigenvalue weighted by Gasteiger charge is -2.23. The van der Waals surface area contributed by atoms with Crippen LogP contribution >= 0.6 is 18.7 Å². The number of hydrogen-bond acceptors (Lipinski definition) is 4. The Labute approximate surface area is 255 Å². The Kier molecular flexibility index (Phi) is 9.88. The number of carbonyl (C=O) groups excluding carboxylic acids is 1. The quantitative estimate of drug-likeness (QED) is 0.124. The van der Waals surface area contributed by atoms with Crippen LogP contribution in [-0.4, -0.2) is 40.2 Å². The van der Waals surface area contributed by atoms with Crippen molar-refractivity contribution < 1.29 is 24.2 Å². The van der Waals surface area contributed by atoms with E-state index in [4.69, 9.17) is 0 Å². The fourth-order valence-corrected chi connectivity index (χ4v) is 8.02. The zero-order chi connectivity index (χ0) is 30.2. The molecule has 1 amide bonds. The van der Waals surface area contributed by atoms with E-state index in [2.05, 4.69) is 5.32 Å². The van der Waals surface area contributed by atoms with Gasteiger partial charge in [0.25, 0.3) is 0 Å². The van der Waals surface area contributed by atoms with Gasteiger partial charge in [-0.1, -0.05) is 103 Å². The molecule has 1 heterocycles. The van der Waals surface area contributed by atoms with Crippen molar-refractivity contribution in [2.75, 3.05) is 12.3 Å². The normalized spacial score (nSPS) is 14.1. The summed E-state index contributed by atoms with van der Waals surface area (Å²) in [5.41, 5.74) is 4.71.